The fraction of sp³-hybridized carbons (Fsp3) is 0.619. The zero-order valence-electron chi connectivity index (χ0n) is 17.3. The highest BCUT2D eigenvalue weighted by Gasteiger charge is 2.69. The molecule has 5 atom stereocenters. The lowest BCUT2D eigenvalue weighted by Crippen LogP contribution is -2.66. The highest BCUT2D eigenvalue weighted by Crippen LogP contribution is 2.67. The van der Waals surface area contributed by atoms with Gasteiger partial charge >= 0.3 is 7.12 Å². The number of nitrogens with zero attached hydrogens (tertiary/aromatic N) is 1. The van der Waals surface area contributed by atoms with Crippen LogP contribution in [0.4, 0.5) is 0 Å². The van der Waals surface area contributed by atoms with Crippen molar-refractivity contribution >= 4 is 78.7 Å². The standard InChI is InChI=1S/C21H26BI2NO3S2/c1-4-21-17-10-14(20(17,2)3)11-18(21)27-22(28-21)19(25(29-23)30-24)9-13-12-26-16-8-6-5-7-15(13)16/h5-8,12,14,17-19H,4,9-11H2,1-3H3/t14-,17-,18+,19-,21-/m0/s1. The Morgan fingerprint density at radius 2 is 2.00 bits per heavy atom. The van der Waals surface area contributed by atoms with Crippen molar-refractivity contribution < 1.29 is 13.7 Å². The van der Waals surface area contributed by atoms with E-state index in [4.69, 9.17) is 13.7 Å². The van der Waals surface area contributed by atoms with Crippen LogP contribution in [0.2, 0.25) is 0 Å². The number of fused-ring (bicyclic) bond motifs is 1. The smallest absolute Gasteiger partial charge is 0.464 e. The third-order valence-electron chi connectivity index (χ3n) is 8.00. The molecule has 4 fully saturated rings. The summed E-state index contributed by atoms with van der Waals surface area (Å²) in [6, 6.07) is 8.27. The Kier molecular flexibility index (Phi) is 6.47. The van der Waals surface area contributed by atoms with E-state index in [0.717, 1.165) is 30.8 Å². The lowest BCUT2D eigenvalue weighted by Gasteiger charge is -2.65. The van der Waals surface area contributed by atoms with Gasteiger partial charge in [-0.1, -0.05) is 39.0 Å². The molecule has 6 rings (SSSR count). The van der Waals surface area contributed by atoms with Crippen LogP contribution in [0, 0.1) is 17.3 Å². The van der Waals surface area contributed by atoms with Crippen molar-refractivity contribution in [2.45, 2.75) is 64.1 Å². The van der Waals surface area contributed by atoms with Crippen molar-refractivity contribution in [3.63, 3.8) is 0 Å². The van der Waals surface area contributed by atoms with Gasteiger partial charge in [-0.2, -0.15) is 3.71 Å². The molecular formula is C21H26BI2NO3S2. The molecule has 4 aliphatic rings. The maximum absolute atomic E-state index is 6.97. The average molecular weight is 669 g/mol. The summed E-state index contributed by atoms with van der Waals surface area (Å²) in [4.78, 5) is 0. The molecule has 0 N–H and O–H groups in total. The predicted molar refractivity (Wildman–Crippen MR) is 143 cm³/mol. The first-order chi connectivity index (χ1) is 14.4. The van der Waals surface area contributed by atoms with Gasteiger partial charge in [0, 0.05) is 66.0 Å². The molecule has 4 nitrogen and oxygen atoms in total. The molecule has 2 bridgehead atoms. The lowest BCUT2D eigenvalue weighted by molar-refractivity contribution is -0.208. The van der Waals surface area contributed by atoms with Crippen LogP contribution in [0.15, 0.2) is 34.9 Å². The van der Waals surface area contributed by atoms with E-state index in [0.29, 0.717) is 11.3 Å². The highest BCUT2D eigenvalue weighted by molar-refractivity contribution is 14.2. The Labute approximate surface area is 211 Å². The van der Waals surface area contributed by atoms with E-state index < -0.39 is 0 Å². The maximum Gasteiger partial charge on any atom is 0.478 e. The minimum Gasteiger partial charge on any atom is -0.464 e. The van der Waals surface area contributed by atoms with Gasteiger partial charge in [-0.3, -0.25) is 0 Å². The molecule has 0 radical (unpaired) electrons. The molecule has 3 saturated carbocycles. The lowest BCUT2D eigenvalue weighted by atomic mass is 9.43. The Hall–Kier alpha value is 0.865. The first kappa shape index (κ1) is 22.6. The third-order valence-corrected chi connectivity index (χ3v) is 13.4. The van der Waals surface area contributed by atoms with Gasteiger partial charge in [-0.25, -0.2) is 0 Å². The summed E-state index contributed by atoms with van der Waals surface area (Å²) in [7, 11) is 3.19. The summed E-state index contributed by atoms with van der Waals surface area (Å²) in [6.07, 6.45) is 6.39. The van der Waals surface area contributed by atoms with Gasteiger partial charge in [0.1, 0.15) is 5.58 Å². The molecule has 162 valence electrons. The molecule has 1 aromatic heterocycles. The second-order valence-corrected chi connectivity index (χ2v) is 13.1. The Morgan fingerprint density at radius 3 is 2.70 bits per heavy atom. The van der Waals surface area contributed by atoms with Crippen LogP contribution in [0.5, 0.6) is 0 Å². The molecule has 0 amide bonds. The van der Waals surface area contributed by atoms with Gasteiger partial charge in [0.05, 0.1) is 23.9 Å². The summed E-state index contributed by atoms with van der Waals surface area (Å²) >= 11 is 4.73. The molecule has 3 aliphatic carbocycles. The normalized spacial score (nSPS) is 33.0. The Morgan fingerprint density at radius 1 is 1.23 bits per heavy atom. The van der Waals surface area contributed by atoms with Crippen molar-refractivity contribution in [1.29, 1.82) is 0 Å². The molecule has 1 saturated heterocycles. The molecular weight excluding hydrogens is 643 g/mol. The monoisotopic (exact) mass is 669 g/mol. The average Bonchev–Trinajstić information content (AvgIpc) is 3.35. The number of halogens is 2. The van der Waals surface area contributed by atoms with Crippen molar-refractivity contribution in [3.8, 4) is 0 Å². The molecule has 30 heavy (non-hydrogen) atoms. The predicted octanol–water partition coefficient (Wildman–Crippen LogP) is 7.30. The van der Waals surface area contributed by atoms with Crippen LogP contribution in [-0.4, -0.2) is 28.5 Å². The second kappa shape index (κ2) is 8.58. The highest BCUT2D eigenvalue weighted by atomic mass is 127. The topological polar surface area (TPSA) is 34.8 Å². The van der Waals surface area contributed by atoms with Gasteiger partial charge in [-0.15, -0.1) is 0 Å². The van der Waals surface area contributed by atoms with Gasteiger partial charge < -0.3 is 13.7 Å². The maximum atomic E-state index is 6.97. The van der Waals surface area contributed by atoms with Crippen molar-refractivity contribution in [3.05, 3.63) is 36.1 Å². The first-order valence-corrected chi connectivity index (χ1v) is 17.2. The summed E-state index contributed by atoms with van der Waals surface area (Å²) in [6.45, 7) is 7.14. The molecule has 0 unspecified atom stereocenters. The van der Waals surface area contributed by atoms with E-state index >= 15 is 0 Å². The summed E-state index contributed by atoms with van der Waals surface area (Å²) in [5.41, 5.74) is 2.37. The molecule has 9 heteroatoms. The first-order valence-electron chi connectivity index (χ1n) is 10.6. The Bertz CT molecular complexity index is 927. The fourth-order valence-corrected chi connectivity index (χ4v) is 12.8. The number of rotatable bonds is 7. The summed E-state index contributed by atoms with van der Waals surface area (Å²) in [5.74, 6) is 1.45. The largest absolute Gasteiger partial charge is 0.478 e. The number of benzene rings is 1. The van der Waals surface area contributed by atoms with Gasteiger partial charge in [0.25, 0.3) is 0 Å². The zero-order valence-corrected chi connectivity index (χ0v) is 23.3. The van der Waals surface area contributed by atoms with E-state index in [1.807, 2.05) is 18.4 Å². The van der Waals surface area contributed by atoms with Gasteiger partial charge in [-0.05, 0) is 54.6 Å². The number of para-hydroxylation sites is 1. The van der Waals surface area contributed by atoms with E-state index in [1.165, 1.54) is 17.4 Å². The molecule has 2 heterocycles. The van der Waals surface area contributed by atoms with Crippen LogP contribution in [0.1, 0.15) is 45.6 Å². The van der Waals surface area contributed by atoms with Gasteiger partial charge in [0.2, 0.25) is 0 Å². The van der Waals surface area contributed by atoms with Crippen molar-refractivity contribution in [2.75, 3.05) is 0 Å². The quantitative estimate of drug-likeness (QED) is 0.175. The SMILES string of the molecule is CC[C@@]12OB([C@H](Cc3coc4ccccc34)N(SI)SI)O[C@@H]1C[C@@H]1C[C@H]2C1(C)C. The molecule has 2 aromatic rings. The van der Waals surface area contributed by atoms with Crippen LogP contribution < -0.4 is 0 Å². The van der Waals surface area contributed by atoms with Crippen molar-refractivity contribution in [2.24, 2.45) is 17.3 Å². The minimum atomic E-state index is -0.233. The summed E-state index contributed by atoms with van der Waals surface area (Å²) < 4.78 is 21.8. The fourth-order valence-electron chi connectivity index (χ4n) is 6.19. The van der Waals surface area contributed by atoms with E-state index in [2.05, 4.69) is 79.0 Å². The number of hydrogen-bond donors (Lipinski definition) is 0. The van der Waals surface area contributed by atoms with E-state index in [1.54, 1.807) is 18.2 Å². The van der Waals surface area contributed by atoms with Gasteiger partial charge in [0.15, 0.2) is 0 Å². The summed E-state index contributed by atoms with van der Waals surface area (Å²) in [5, 5.41) is 1.18. The van der Waals surface area contributed by atoms with Crippen LogP contribution in [-0.2, 0) is 15.7 Å². The number of hydrogen-bond acceptors (Lipinski definition) is 6. The van der Waals surface area contributed by atoms with E-state index in [-0.39, 0.29) is 24.8 Å². The van der Waals surface area contributed by atoms with Crippen LogP contribution in [0.25, 0.3) is 11.0 Å². The molecule has 1 aliphatic heterocycles. The van der Waals surface area contributed by atoms with Crippen molar-refractivity contribution in [1.82, 2.24) is 3.71 Å². The minimum absolute atomic E-state index is 0.101. The zero-order chi connectivity index (χ0) is 21.1. The van der Waals surface area contributed by atoms with E-state index in [9.17, 15) is 0 Å². The molecule has 0 spiro atoms. The van der Waals surface area contributed by atoms with Crippen LogP contribution >= 0.6 is 60.6 Å². The Balaban J connectivity index is 1.46. The van der Waals surface area contributed by atoms with Crippen LogP contribution in [0.3, 0.4) is 0 Å². The molecule has 1 aromatic carbocycles. The third kappa shape index (κ3) is 3.43. The number of furan rings is 1. The second-order valence-electron chi connectivity index (χ2n) is 9.41.